The molecule has 2 nitrogen and oxygen atoms in total. The van der Waals surface area contributed by atoms with E-state index in [1.54, 1.807) is 6.20 Å². The number of pyridine rings is 1. The van der Waals surface area contributed by atoms with Crippen LogP contribution in [-0.4, -0.2) is 9.38 Å². The van der Waals surface area contributed by atoms with Gasteiger partial charge in [-0.2, -0.15) is 0 Å². The van der Waals surface area contributed by atoms with Crippen LogP contribution in [0, 0.1) is 6.92 Å². The highest BCUT2D eigenvalue weighted by atomic mass is 35.5. The Morgan fingerprint density at radius 3 is 3.09 bits per heavy atom. The van der Waals surface area contributed by atoms with Crippen LogP contribution in [-0.2, 0) is 0 Å². The predicted molar refractivity (Wildman–Crippen MR) is 44.9 cm³/mol. The Labute approximate surface area is 69.4 Å². The Hall–Kier alpha value is -1.02. The van der Waals surface area contributed by atoms with Crippen LogP contribution in [0.2, 0.25) is 5.02 Å². The maximum absolute atomic E-state index is 5.89. The molecule has 0 spiro atoms. The summed E-state index contributed by atoms with van der Waals surface area (Å²) in [5, 5.41) is 0.695. The average Bonchev–Trinajstić information content (AvgIpc) is 2.35. The maximum Gasteiger partial charge on any atom is 0.155 e. The summed E-state index contributed by atoms with van der Waals surface area (Å²) >= 11 is 5.89. The first-order valence-electron chi connectivity index (χ1n) is 3.37. The summed E-state index contributed by atoms with van der Waals surface area (Å²) in [6.45, 7) is 2.00. The molecule has 0 atom stereocenters. The van der Waals surface area contributed by atoms with Gasteiger partial charge >= 0.3 is 0 Å². The summed E-state index contributed by atoms with van der Waals surface area (Å²) < 4.78 is 1.96. The number of imidazole rings is 1. The second-order valence-electron chi connectivity index (χ2n) is 2.45. The molecule has 11 heavy (non-hydrogen) atoms. The van der Waals surface area contributed by atoms with Crippen LogP contribution < -0.4 is 0 Å². The molecule has 56 valence electrons. The van der Waals surface area contributed by atoms with E-state index in [1.807, 2.05) is 29.7 Å². The number of aryl methyl sites for hydroxylation is 1. The fraction of sp³-hybridized carbons (Fsp3) is 0.125. The number of hydrogen-bond donors (Lipinski definition) is 0. The van der Waals surface area contributed by atoms with Gasteiger partial charge in [-0.15, -0.1) is 0 Å². The van der Waals surface area contributed by atoms with Gasteiger partial charge in [0.2, 0.25) is 0 Å². The lowest BCUT2D eigenvalue weighted by atomic mass is 10.4. The predicted octanol–water partition coefficient (Wildman–Crippen LogP) is 2.30. The molecule has 0 fully saturated rings. The standard InChI is InChI=1S/C8H7ClN2/c1-6-5-10-8-7(9)3-2-4-11(6)8/h2-5H,1H3. The first-order chi connectivity index (χ1) is 5.29. The second-order valence-corrected chi connectivity index (χ2v) is 2.86. The molecule has 0 aromatic carbocycles. The number of aromatic nitrogens is 2. The van der Waals surface area contributed by atoms with E-state index < -0.39 is 0 Å². The van der Waals surface area contributed by atoms with E-state index in [1.165, 1.54) is 0 Å². The second kappa shape index (κ2) is 2.24. The zero-order chi connectivity index (χ0) is 7.84. The van der Waals surface area contributed by atoms with Crippen molar-refractivity contribution in [3.8, 4) is 0 Å². The molecule has 0 unspecified atom stereocenters. The molecular weight excluding hydrogens is 160 g/mol. The molecule has 3 heteroatoms. The monoisotopic (exact) mass is 166 g/mol. The van der Waals surface area contributed by atoms with Gasteiger partial charge in [0.1, 0.15) is 0 Å². The lowest BCUT2D eigenvalue weighted by Gasteiger charge is -1.95. The lowest BCUT2D eigenvalue weighted by Crippen LogP contribution is -1.85. The Kier molecular flexibility index (Phi) is 1.36. The lowest BCUT2D eigenvalue weighted by molar-refractivity contribution is 1.11. The highest BCUT2D eigenvalue weighted by Gasteiger charge is 2.00. The van der Waals surface area contributed by atoms with Crippen LogP contribution in [0.15, 0.2) is 24.5 Å². The van der Waals surface area contributed by atoms with Crippen LogP contribution >= 0.6 is 11.6 Å². The van der Waals surface area contributed by atoms with Gasteiger partial charge in [-0.3, -0.25) is 0 Å². The fourth-order valence-corrected chi connectivity index (χ4v) is 1.31. The van der Waals surface area contributed by atoms with E-state index in [0.29, 0.717) is 5.02 Å². The summed E-state index contributed by atoms with van der Waals surface area (Å²) in [6, 6.07) is 3.74. The smallest absolute Gasteiger partial charge is 0.155 e. The Balaban J connectivity index is 2.94. The SMILES string of the molecule is Cc1cnc2c(Cl)cccn12. The molecule has 0 amide bonds. The Bertz CT molecular complexity index is 392. The highest BCUT2D eigenvalue weighted by molar-refractivity contribution is 6.33. The third-order valence-corrected chi connectivity index (χ3v) is 1.97. The van der Waals surface area contributed by atoms with Crippen molar-refractivity contribution in [2.75, 3.05) is 0 Å². The summed E-state index contributed by atoms with van der Waals surface area (Å²) in [6.07, 6.45) is 3.75. The van der Waals surface area contributed by atoms with Crippen LogP contribution in [0.1, 0.15) is 5.69 Å². The van der Waals surface area contributed by atoms with Gasteiger partial charge in [0.25, 0.3) is 0 Å². The van der Waals surface area contributed by atoms with Crippen LogP contribution in [0.4, 0.5) is 0 Å². The summed E-state index contributed by atoms with van der Waals surface area (Å²) in [7, 11) is 0. The highest BCUT2D eigenvalue weighted by Crippen LogP contribution is 2.15. The van der Waals surface area contributed by atoms with Crippen molar-refractivity contribution in [3.63, 3.8) is 0 Å². The average molecular weight is 167 g/mol. The molecular formula is C8H7ClN2. The minimum atomic E-state index is 0.695. The molecule has 2 aromatic rings. The normalized spacial score (nSPS) is 10.7. The molecule has 0 bridgehead atoms. The zero-order valence-corrected chi connectivity index (χ0v) is 6.84. The van der Waals surface area contributed by atoms with Crippen molar-refractivity contribution in [1.82, 2.24) is 9.38 Å². The van der Waals surface area contributed by atoms with Crippen molar-refractivity contribution < 1.29 is 0 Å². The van der Waals surface area contributed by atoms with E-state index in [2.05, 4.69) is 4.98 Å². The van der Waals surface area contributed by atoms with Crippen molar-refractivity contribution in [3.05, 3.63) is 35.2 Å². The fourth-order valence-electron chi connectivity index (χ4n) is 1.10. The topological polar surface area (TPSA) is 17.3 Å². The van der Waals surface area contributed by atoms with Gasteiger partial charge in [-0.25, -0.2) is 4.98 Å². The van der Waals surface area contributed by atoms with Crippen LogP contribution in [0.25, 0.3) is 5.65 Å². The zero-order valence-electron chi connectivity index (χ0n) is 6.08. The minimum Gasteiger partial charge on any atom is -0.303 e. The Morgan fingerprint density at radius 2 is 2.36 bits per heavy atom. The molecule has 0 aliphatic carbocycles. The molecule has 0 aliphatic heterocycles. The van der Waals surface area contributed by atoms with Gasteiger partial charge < -0.3 is 4.40 Å². The molecule has 2 heterocycles. The van der Waals surface area contributed by atoms with Crippen molar-refractivity contribution in [2.45, 2.75) is 6.92 Å². The van der Waals surface area contributed by atoms with Gasteiger partial charge in [-0.1, -0.05) is 11.6 Å². The molecule has 0 N–H and O–H groups in total. The van der Waals surface area contributed by atoms with E-state index in [-0.39, 0.29) is 0 Å². The van der Waals surface area contributed by atoms with Crippen LogP contribution in [0.5, 0.6) is 0 Å². The largest absolute Gasteiger partial charge is 0.303 e. The quantitative estimate of drug-likeness (QED) is 0.587. The van der Waals surface area contributed by atoms with Gasteiger partial charge in [0.05, 0.1) is 5.02 Å². The number of nitrogens with zero attached hydrogens (tertiary/aromatic N) is 2. The van der Waals surface area contributed by atoms with E-state index in [0.717, 1.165) is 11.3 Å². The number of fused-ring (bicyclic) bond motifs is 1. The molecule has 0 radical (unpaired) electrons. The Morgan fingerprint density at radius 1 is 1.55 bits per heavy atom. The van der Waals surface area contributed by atoms with E-state index in [9.17, 15) is 0 Å². The first-order valence-corrected chi connectivity index (χ1v) is 3.75. The molecule has 2 rings (SSSR count). The maximum atomic E-state index is 5.89. The third kappa shape index (κ3) is 0.906. The summed E-state index contributed by atoms with van der Waals surface area (Å²) in [5.74, 6) is 0. The first kappa shape index (κ1) is 6.68. The summed E-state index contributed by atoms with van der Waals surface area (Å²) in [5.41, 5.74) is 1.93. The van der Waals surface area contributed by atoms with Gasteiger partial charge in [0.15, 0.2) is 5.65 Å². The minimum absolute atomic E-state index is 0.695. The number of rotatable bonds is 0. The number of halogens is 1. The molecule has 0 aliphatic rings. The third-order valence-electron chi connectivity index (χ3n) is 1.67. The van der Waals surface area contributed by atoms with Crippen molar-refractivity contribution in [1.29, 1.82) is 0 Å². The van der Waals surface area contributed by atoms with Crippen molar-refractivity contribution >= 4 is 17.2 Å². The molecule has 0 saturated carbocycles. The number of hydrogen-bond acceptors (Lipinski definition) is 1. The van der Waals surface area contributed by atoms with E-state index in [4.69, 9.17) is 11.6 Å². The van der Waals surface area contributed by atoms with Gasteiger partial charge in [0, 0.05) is 18.1 Å². The van der Waals surface area contributed by atoms with Crippen molar-refractivity contribution in [2.24, 2.45) is 0 Å². The molecule has 0 saturated heterocycles. The van der Waals surface area contributed by atoms with Crippen LogP contribution in [0.3, 0.4) is 0 Å². The molecule has 2 aromatic heterocycles. The van der Waals surface area contributed by atoms with E-state index >= 15 is 0 Å². The summed E-state index contributed by atoms with van der Waals surface area (Å²) in [4.78, 5) is 4.15. The van der Waals surface area contributed by atoms with Gasteiger partial charge in [-0.05, 0) is 19.1 Å².